The largest absolute Gasteiger partial charge is 0.382 e. The molecule has 1 aromatic heterocycles. The van der Waals surface area contributed by atoms with Gasteiger partial charge in [-0.1, -0.05) is 13.8 Å². The molecule has 0 aliphatic heterocycles. The van der Waals surface area contributed by atoms with Crippen LogP contribution in [0.5, 0.6) is 0 Å². The number of rotatable bonds is 12. The van der Waals surface area contributed by atoms with Gasteiger partial charge in [0.25, 0.3) is 0 Å². The Morgan fingerprint density at radius 2 is 1.92 bits per heavy atom. The number of methoxy groups -OCH3 is 1. The average Bonchev–Trinajstić information content (AvgIpc) is 2.93. The number of hydrogen-bond acceptors (Lipinski definition) is 4. The third-order valence-corrected chi connectivity index (χ3v) is 3.96. The number of aliphatic imine (C=N–C) groups is 1. The fraction of sp³-hybridized carbons (Fsp3) is 0.778. The van der Waals surface area contributed by atoms with E-state index in [0.717, 1.165) is 50.6 Å². The Labute approximate surface area is 152 Å². The Morgan fingerprint density at radius 3 is 2.56 bits per heavy atom. The van der Waals surface area contributed by atoms with Crippen LogP contribution >= 0.6 is 0 Å². The molecule has 0 saturated heterocycles. The topological polar surface area (TPSA) is 72.7 Å². The molecule has 1 heterocycles. The Kier molecular flexibility index (Phi) is 10.9. The van der Waals surface area contributed by atoms with Gasteiger partial charge in [0.1, 0.15) is 0 Å². The van der Waals surface area contributed by atoms with Crippen molar-refractivity contribution in [2.24, 2.45) is 12.0 Å². The zero-order valence-corrected chi connectivity index (χ0v) is 16.5. The number of ether oxygens (including phenoxy) is 2. The highest BCUT2D eigenvalue weighted by Gasteiger charge is 2.13. The minimum Gasteiger partial charge on any atom is -0.382 e. The van der Waals surface area contributed by atoms with Crippen molar-refractivity contribution in [2.45, 2.75) is 46.6 Å². The second-order valence-electron chi connectivity index (χ2n) is 5.78. The molecule has 0 atom stereocenters. The monoisotopic (exact) mass is 353 g/mol. The standard InChI is InChI=1S/C18H35N5O2/c1-6-16-15(17(7-2)23(4)22-16)14-21-18(19-8-3)20-10-9-11-25-13-12-24-5/h6-14H2,1-5H3,(H2,19,20,21). The van der Waals surface area contributed by atoms with E-state index in [1.54, 1.807) is 7.11 Å². The van der Waals surface area contributed by atoms with E-state index in [2.05, 4.69) is 36.5 Å². The molecule has 0 aromatic carbocycles. The summed E-state index contributed by atoms with van der Waals surface area (Å²) in [4.78, 5) is 4.74. The van der Waals surface area contributed by atoms with Crippen molar-refractivity contribution in [3.8, 4) is 0 Å². The minimum atomic E-state index is 0.641. The molecule has 1 aromatic rings. The van der Waals surface area contributed by atoms with E-state index in [1.807, 2.05) is 11.7 Å². The number of aromatic nitrogens is 2. The third kappa shape index (κ3) is 7.44. The van der Waals surface area contributed by atoms with Gasteiger partial charge in [0, 0.05) is 45.1 Å². The molecule has 0 aliphatic rings. The van der Waals surface area contributed by atoms with Gasteiger partial charge >= 0.3 is 0 Å². The molecule has 0 bridgehead atoms. The molecule has 0 saturated carbocycles. The molecule has 0 aliphatic carbocycles. The summed E-state index contributed by atoms with van der Waals surface area (Å²) >= 11 is 0. The van der Waals surface area contributed by atoms with Gasteiger partial charge in [-0.25, -0.2) is 4.99 Å². The maximum absolute atomic E-state index is 5.47. The maximum Gasteiger partial charge on any atom is 0.191 e. The van der Waals surface area contributed by atoms with Gasteiger partial charge in [-0.15, -0.1) is 0 Å². The lowest BCUT2D eigenvalue weighted by molar-refractivity contribution is 0.0698. The van der Waals surface area contributed by atoms with Crippen LogP contribution in [0.3, 0.4) is 0 Å². The molecule has 0 fully saturated rings. The number of guanidine groups is 1. The fourth-order valence-electron chi connectivity index (χ4n) is 2.70. The van der Waals surface area contributed by atoms with Crippen molar-refractivity contribution in [3.05, 3.63) is 17.0 Å². The Hall–Kier alpha value is -1.60. The van der Waals surface area contributed by atoms with E-state index < -0.39 is 0 Å². The SMILES string of the molecule is CCNC(=NCc1c(CC)nn(C)c1CC)NCCCOCCOC. The molecular weight excluding hydrogens is 318 g/mol. The number of hydrogen-bond donors (Lipinski definition) is 2. The first kappa shape index (κ1) is 21.4. The molecule has 144 valence electrons. The van der Waals surface area contributed by atoms with E-state index in [1.165, 1.54) is 11.3 Å². The first-order valence-corrected chi connectivity index (χ1v) is 9.30. The quantitative estimate of drug-likeness (QED) is 0.340. The Bertz CT molecular complexity index is 514. The first-order chi connectivity index (χ1) is 12.2. The number of nitrogens with zero attached hydrogens (tertiary/aromatic N) is 3. The van der Waals surface area contributed by atoms with Crippen LogP contribution in [-0.2, 0) is 35.9 Å². The zero-order valence-electron chi connectivity index (χ0n) is 16.5. The minimum absolute atomic E-state index is 0.641. The molecule has 2 N–H and O–H groups in total. The maximum atomic E-state index is 5.47. The van der Waals surface area contributed by atoms with Gasteiger partial charge in [0.2, 0.25) is 0 Å². The predicted octanol–water partition coefficient (Wildman–Crippen LogP) is 1.65. The second kappa shape index (κ2) is 12.7. The molecule has 0 unspecified atom stereocenters. The molecule has 7 nitrogen and oxygen atoms in total. The summed E-state index contributed by atoms with van der Waals surface area (Å²) in [6, 6.07) is 0. The van der Waals surface area contributed by atoms with Crippen LogP contribution < -0.4 is 10.6 Å². The smallest absolute Gasteiger partial charge is 0.191 e. The van der Waals surface area contributed by atoms with Crippen molar-refractivity contribution in [2.75, 3.05) is 40.0 Å². The lowest BCUT2D eigenvalue weighted by Crippen LogP contribution is -2.38. The fourth-order valence-corrected chi connectivity index (χ4v) is 2.70. The van der Waals surface area contributed by atoms with Gasteiger partial charge in [-0.2, -0.15) is 5.10 Å². The summed E-state index contributed by atoms with van der Waals surface area (Å²) in [6.45, 7) is 10.7. The van der Waals surface area contributed by atoms with E-state index in [9.17, 15) is 0 Å². The highest BCUT2D eigenvalue weighted by atomic mass is 16.5. The Morgan fingerprint density at radius 1 is 1.12 bits per heavy atom. The van der Waals surface area contributed by atoms with Crippen LogP contribution in [0.2, 0.25) is 0 Å². The molecule has 0 radical (unpaired) electrons. The summed E-state index contributed by atoms with van der Waals surface area (Å²) < 4.78 is 12.4. The van der Waals surface area contributed by atoms with Crippen LogP contribution in [0.4, 0.5) is 0 Å². The summed E-state index contributed by atoms with van der Waals surface area (Å²) in [5, 5.41) is 11.3. The van der Waals surface area contributed by atoms with Crippen molar-refractivity contribution >= 4 is 5.96 Å². The van der Waals surface area contributed by atoms with E-state index in [0.29, 0.717) is 19.8 Å². The zero-order chi connectivity index (χ0) is 18.5. The van der Waals surface area contributed by atoms with Crippen molar-refractivity contribution in [1.29, 1.82) is 0 Å². The lowest BCUT2D eigenvalue weighted by Gasteiger charge is -2.12. The second-order valence-corrected chi connectivity index (χ2v) is 5.78. The lowest BCUT2D eigenvalue weighted by atomic mass is 10.1. The first-order valence-electron chi connectivity index (χ1n) is 9.30. The summed E-state index contributed by atoms with van der Waals surface area (Å²) in [5.41, 5.74) is 3.67. The van der Waals surface area contributed by atoms with Crippen LogP contribution in [-0.4, -0.2) is 55.8 Å². The van der Waals surface area contributed by atoms with Crippen LogP contribution in [0.1, 0.15) is 44.1 Å². The predicted molar refractivity (Wildman–Crippen MR) is 102 cm³/mol. The molecule has 1 rings (SSSR count). The average molecular weight is 354 g/mol. The molecule has 0 spiro atoms. The Balaban J connectivity index is 2.55. The summed E-state index contributed by atoms with van der Waals surface area (Å²) in [6.07, 6.45) is 2.83. The summed E-state index contributed by atoms with van der Waals surface area (Å²) in [7, 11) is 3.69. The molecule has 25 heavy (non-hydrogen) atoms. The van der Waals surface area contributed by atoms with E-state index in [4.69, 9.17) is 14.5 Å². The van der Waals surface area contributed by atoms with Crippen LogP contribution in [0, 0.1) is 0 Å². The highest BCUT2D eigenvalue weighted by Crippen LogP contribution is 2.16. The number of aryl methyl sites for hydroxylation is 2. The van der Waals surface area contributed by atoms with Gasteiger partial charge in [-0.05, 0) is 26.2 Å². The van der Waals surface area contributed by atoms with Gasteiger partial charge in [0.05, 0.1) is 25.5 Å². The van der Waals surface area contributed by atoms with Gasteiger partial charge in [0.15, 0.2) is 5.96 Å². The van der Waals surface area contributed by atoms with Gasteiger partial charge < -0.3 is 20.1 Å². The van der Waals surface area contributed by atoms with Gasteiger partial charge in [-0.3, -0.25) is 4.68 Å². The van der Waals surface area contributed by atoms with E-state index in [-0.39, 0.29) is 0 Å². The summed E-state index contributed by atoms with van der Waals surface area (Å²) in [5.74, 6) is 0.840. The van der Waals surface area contributed by atoms with Crippen molar-refractivity contribution in [3.63, 3.8) is 0 Å². The molecule has 7 heteroatoms. The normalized spacial score (nSPS) is 11.8. The van der Waals surface area contributed by atoms with Crippen LogP contribution in [0.15, 0.2) is 4.99 Å². The third-order valence-electron chi connectivity index (χ3n) is 3.96. The number of nitrogens with one attached hydrogen (secondary N) is 2. The molecular formula is C18H35N5O2. The highest BCUT2D eigenvalue weighted by molar-refractivity contribution is 5.79. The van der Waals surface area contributed by atoms with Crippen LogP contribution in [0.25, 0.3) is 0 Å². The molecule has 0 amide bonds. The van der Waals surface area contributed by atoms with Crippen molar-refractivity contribution in [1.82, 2.24) is 20.4 Å². The van der Waals surface area contributed by atoms with Crippen molar-refractivity contribution < 1.29 is 9.47 Å². The van der Waals surface area contributed by atoms with E-state index >= 15 is 0 Å².